The zero-order valence-electron chi connectivity index (χ0n) is 6.37. The van der Waals surface area contributed by atoms with Crippen LogP contribution in [0.2, 0.25) is 5.15 Å². The summed E-state index contributed by atoms with van der Waals surface area (Å²) in [6.45, 7) is 0. The van der Waals surface area contributed by atoms with E-state index in [0.717, 1.165) is 12.3 Å². The quantitative estimate of drug-likeness (QED) is 0.704. The van der Waals surface area contributed by atoms with Crippen molar-refractivity contribution in [1.82, 2.24) is 4.98 Å². The summed E-state index contributed by atoms with van der Waals surface area (Å²) in [5.74, 6) is -2.10. The molecule has 0 bridgehead atoms. The van der Waals surface area contributed by atoms with Crippen LogP contribution >= 0.6 is 11.6 Å². The van der Waals surface area contributed by atoms with Crippen molar-refractivity contribution in [3.8, 4) is 0 Å². The van der Waals surface area contributed by atoms with E-state index in [9.17, 15) is 9.18 Å². The first kappa shape index (κ1) is 9.88. The van der Waals surface area contributed by atoms with Gasteiger partial charge in [0.25, 0.3) is 0 Å². The largest absolute Gasteiger partial charge is 0.480 e. The van der Waals surface area contributed by atoms with Gasteiger partial charge in [-0.2, -0.15) is 0 Å². The summed E-state index contributed by atoms with van der Waals surface area (Å²) in [6, 6.07) is -0.323. The van der Waals surface area contributed by atoms with E-state index in [0.29, 0.717) is 0 Å². The van der Waals surface area contributed by atoms with Crippen LogP contribution in [0.3, 0.4) is 0 Å². The highest BCUT2D eigenvalue weighted by Gasteiger charge is 2.18. The topological polar surface area (TPSA) is 76.2 Å². The molecule has 0 aliphatic rings. The Hall–Kier alpha value is -1.20. The van der Waals surface area contributed by atoms with Crippen molar-refractivity contribution in [2.45, 2.75) is 6.04 Å². The number of carboxylic acid groups (broad SMARTS) is 1. The number of rotatable bonds is 2. The summed E-state index contributed by atoms with van der Waals surface area (Å²) in [5, 5.41) is 8.50. The number of carboxylic acids is 1. The van der Waals surface area contributed by atoms with Crippen LogP contribution in [0.25, 0.3) is 0 Å². The molecule has 0 aliphatic heterocycles. The smallest absolute Gasteiger partial charge is 0.325 e. The first-order chi connectivity index (χ1) is 6.02. The minimum absolute atomic E-state index is 0.00750. The number of carbonyl (C=O) groups is 1. The van der Waals surface area contributed by atoms with Gasteiger partial charge in [-0.25, -0.2) is 9.37 Å². The van der Waals surface area contributed by atoms with Crippen LogP contribution in [-0.4, -0.2) is 16.1 Å². The second-order valence-electron chi connectivity index (χ2n) is 2.34. The molecule has 70 valence electrons. The number of nitrogens with two attached hydrogens (primary N) is 1. The van der Waals surface area contributed by atoms with Gasteiger partial charge in [-0.1, -0.05) is 11.6 Å². The van der Waals surface area contributed by atoms with Gasteiger partial charge >= 0.3 is 5.97 Å². The van der Waals surface area contributed by atoms with E-state index in [2.05, 4.69) is 4.98 Å². The van der Waals surface area contributed by atoms with Gasteiger partial charge < -0.3 is 10.8 Å². The number of halogens is 2. The van der Waals surface area contributed by atoms with Crippen molar-refractivity contribution in [3.05, 3.63) is 28.8 Å². The molecule has 6 heteroatoms. The molecule has 1 aromatic rings. The minimum Gasteiger partial charge on any atom is -0.480 e. The Bertz CT molecular complexity index is 345. The van der Waals surface area contributed by atoms with E-state index in [4.69, 9.17) is 22.4 Å². The molecule has 0 aromatic carbocycles. The Morgan fingerprint density at radius 3 is 2.92 bits per heavy atom. The molecule has 1 heterocycles. The number of hydrogen-bond donors (Lipinski definition) is 2. The lowest BCUT2D eigenvalue weighted by atomic mass is 10.1. The molecule has 0 fully saturated rings. The number of aromatic nitrogens is 1. The molecule has 0 amide bonds. The monoisotopic (exact) mass is 204 g/mol. The Kier molecular flexibility index (Phi) is 2.79. The number of hydrogen-bond acceptors (Lipinski definition) is 3. The van der Waals surface area contributed by atoms with Crippen LogP contribution in [-0.2, 0) is 4.79 Å². The molecule has 0 saturated heterocycles. The van der Waals surface area contributed by atoms with Crippen LogP contribution in [0.5, 0.6) is 0 Å². The molecule has 0 spiro atoms. The summed E-state index contributed by atoms with van der Waals surface area (Å²) < 4.78 is 12.9. The second kappa shape index (κ2) is 3.68. The molecular weight excluding hydrogens is 199 g/mol. The van der Waals surface area contributed by atoms with Crippen LogP contribution < -0.4 is 5.73 Å². The Labute approximate surface area is 78.1 Å². The van der Waals surface area contributed by atoms with Crippen molar-refractivity contribution >= 4 is 17.6 Å². The molecule has 0 saturated carbocycles. The molecule has 13 heavy (non-hydrogen) atoms. The molecule has 1 aromatic heterocycles. The third-order valence-corrected chi connectivity index (χ3v) is 1.66. The lowest BCUT2D eigenvalue weighted by Gasteiger charge is -2.07. The minimum atomic E-state index is -1.42. The van der Waals surface area contributed by atoms with Gasteiger partial charge in [-0.15, -0.1) is 0 Å². The van der Waals surface area contributed by atoms with E-state index in [-0.39, 0.29) is 10.7 Å². The fourth-order valence-corrected chi connectivity index (χ4v) is 0.965. The molecule has 0 radical (unpaired) electrons. The summed E-state index contributed by atoms with van der Waals surface area (Å²) in [6.07, 6.45) is 0.834. The number of nitrogens with zero attached hydrogens (tertiary/aromatic N) is 1. The maximum Gasteiger partial charge on any atom is 0.325 e. The summed E-state index contributed by atoms with van der Waals surface area (Å²) >= 11 is 5.44. The van der Waals surface area contributed by atoms with Crippen molar-refractivity contribution in [3.63, 3.8) is 0 Å². The molecule has 0 aliphatic carbocycles. The highest BCUT2D eigenvalue weighted by atomic mass is 35.5. The average Bonchev–Trinajstić information content (AvgIpc) is 2.08. The zero-order chi connectivity index (χ0) is 10.0. The molecular formula is C7H6ClFN2O2. The van der Waals surface area contributed by atoms with Gasteiger partial charge in [-0.05, 0) is 6.07 Å². The Morgan fingerprint density at radius 1 is 1.77 bits per heavy atom. The Balaban J connectivity index is 3.12. The van der Waals surface area contributed by atoms with Crippen molar-refractivity contribution < 1.29 is 14.3 Å². The van der Waals surface area contributed by atoms with Gasteiger partial charge in [-0.3, -0.25) is 4.79 Å². The normalized spacial score (nSPS) is 12.5. The lowest BCUT2D eigenvalue weighted by molar-refractivity contribution is -0.138. The molecule has 4 nitrogen and oxygen atoms in total. The highest BCUT2D eigenvalue weighted by Crippen LogP contribution is 2.17. The second-order valence-corrected chi connectivity index (χ2v) is 2.73. The lowest BCUT2D eigenvalue weighted by Crippen LogP contribution is -2.22. The van der Waals surface area contributed by atoms with Gasteiger partial charge in [0.15, 0.2) is 0 Å². The van der Waals surface area contributed by atoms with Gasteiger partial charge in [0, 0.05) is 5.56 Å². The molecule has 3 N–H and O–H groups in total. The standard InChI is InChI=1S/C7H6ClFN2O2/c8-5-1-3(4(9)2-11-5)6(10)7(12)13/h1-2,6H,10H2,(H,12,13). The van der Waals surface area contributed by atoms with Gasteiger partial charge in [0.05, 0.1) is 6.20 Å². The van der Waals surface area contributed by atoms with E-state index in [1.54, 1.807) is 0 Å². The maximum atomic E-state index is 12.9. The molecule has 1 atom stereocenters. The van der Waals surface area contributed by atoms with Crippen molar-refractivity contribution in [2.75, 3.05) is 0 Å². The SMILES string of the molecule is NC(C(=O)O)c1cc(Cl)ncc1F. The summed E-state index contributed by atoms with van der Waals surface area (Å²) in [7, 11) is 0. The summed E-state index contributed by atoms with van der Waals surface area (Å²) in [4.78, 5) is 13.8. The van der Waals surface area contributed by atoms with Crippen LogP contribution in [0.1, 0.15) is 11.6 Å². The third kappa shape index (κ3) is 2.13. The highest BCUT2D eigenvalue weighted by molar-refractivity contribution is 6.29. The first-order valence-electron chi connectivity index (χ1n) is 3.31. The predicted molar refractivity (Wildman–Crippen MR) is 43.8 cm³/mol. The van der Waals surface area contributed by atoms with Crippen molar-refractivity contribution in [1.29, 1.82) is 0 Å². The van der Waals surface area contributed by atoms with Crippen LogP contribution in [0.4, 0.5) is 4.39 Å². The van der Waals surface area contributed by atoms with E-state index in [1.807, 2.05) is 0 Å². The number of pyridine rings is 1. The van der Waals surface area contributed by atoms with Crippen molar-refractivity contribution in [2.24, 2.45) is 5.73 Å². The predicted octanol–water partition coefficient (Wildman–Crippen LogP) is 0.958. The fourth-order valence-electron chi connectivity index (χ4n) is 0.799. The summed E-state index contributed by atoms with van der Waals surface area (Å²) in [5.41, 5.74) is 5.01. The van der Waals surface area contributed by atoms with Crippen LogP contribution in [0.15, 0.2) is 12.3 Å². The van der Waals surface area contributed by atoms with E-state index >= 15 is 0 Å². The van der Waals surface area contributed by atoms with E-state index < -0.39 is 17.8 Å². The van der Waals surface area contributed by atoms with Gasteiger partial charge in [0.2, 0.25) is 0 Å². The van der Waals surface area contributed by atoms with Gasteiger partial charge in [0.1, 0.15) is 17.0 Å². The Morgan fingerprint density at radius 2 is 2.38 bits per heavy atom. The maximum absolute atomic E-state index is 12.9. The molecule has 1 rings (SSSR count). The third-order valence-electron chi connectivity index (χ3n) is 1.45. The first-order valence-corrected chi connectivity index (χ1v) is 3.69. The van der Waals surface area contributed by atoms with Crippen LogP contribution in [0, 0.1) is 5.82 Å². The zero-order valence-corrected chi connectivity index (χ0v) is 7.12. The fraction of sp³-hybridized carbons (Fsp3) is 0.143. The molecule has 1 unspecified atom stereocenters. The average molecular weight is 205 g/mol. The number of aliphatic carboxylic acids is 1. The van der Waals surface area contributed by atoms with E-state index in [1.165, 1.54) is 0 Å².